The summed E-state index contributed by atoms with van der Waals surface area (Å²) in [7, 11) is 0. The van der Waals surface area contributed by atoms with Gasteiger partial charge < -0.3 is 9.73 Å². The summed E-state index contributed by atoms with van der Waals surface area (Å²) in [6, 6.07) is 6.69. The van der Waals surface area contributed by atoms with Crippen LogP contribution in [0, 0.1) is 0 Å². The van der Waals surface area contributed by atoms with Crippen molar-refractivity contribution in [2.75, 3.05) is 5.32 Å². The minimum absolute atomic E-state index is 0.289. The zero-order valence-electron chi connectivity index (χ0n) is 10.2. The number of rotatable bonds is 3. The Morgan fingerprint density at radius 1 is 1.35 bits per heavy atom. The number of nitrogens with one attached hydrogen (secondary N) is 1. The van der Waals surface area contributed by atoms with Gasteiger partial charge in [0.15, 0.2) is 0 Å². The Kier molecular flexibility index (Phi) is 3.22. The number of furan rings is 1. The molecule has 0 spiro atoms. The molecule has 0 saturated heterocycles. The van der Waals surface area contributed by atoms with Crippen LogP contribution in [0.25, 0.3) is 5.69 Å². The van der Waals surface area contributed by atoms with Crippen LogP contribution in [-0.4, -0.2) is 20.7 Å². The first-order valence-electron chi connectivity index (χ1n) is 5.72. The molecule has 0 aliphatic heterocycles. The molecule has 6 nitrogen and oxygen atoms in total. The van der Waals surface area contributed by atoms with Gasteiger partial charge in [-0.15, -0.1) is 0 Å². The monoisotopic (exact) mass is 288 g/mol. The first-order valence-corrected chi connectivity index (χ1v) is 6.10. The van der Waals surface area contributed by atoms with Crippen LogP contribution in [-0.2, 0) is 0 Å². The van der Waals surface area contributed by atoms with Gasteiger partial charge >= 0.3 is 0 Å². The number of carbonyl (C=O) groups excluding carboxylic acids is 1. The third kappa shape index (κ3) is 2.41. The summed E-state index contributed by atoms with van der Waals surface area (Å²) in [5.41, 5.74) is 1.63. The zero-order chi connectivity index (χ0) is 13.9. The highest BCUT2D eigenvalue weighted by Gasteiger charge is 2.12. The van der Waals surface area contributed by atoms with Gasteiger partial charge in [-0.25, -0.2) is 9.67 Å². The largest absolute Gasteiger partial charge is 0.472 e. The van der Waals surface area contributed by atoms with Crippen LogP contribution in [0.15, 0.2) is 53.9 Å². The average Bonchev–Trinajstić information content (AvgIpc) is 3.12. The summed E-state index contributed by atoms with van der Waals surface area (Å²) in [4.78, 5) is 15.9. The molecule has 0 aliphatic rings. The number of benzene rings is 1. The number of anilines is 1. The molecule has 3 rings (SSSR count). The molecular weight excluding hydrogens is 280 g/mol. The normalized spacial score (nSPS) is 10.4. The highest BCUT2D eigenvalue weighted by atomic mass is 35.5. The van der Waals surface area contributed by atoms with Gasteiger partial charge in [-0.3, -0.25) is 4.79 Å². The Labute approximate surface area is 119 Å². The van der Waals surface area contributed by atoms with Gasteiger partial charge in [0.05, 0.1) is 23.2 Å². The second kappa shape index (κ2) is 5.18. The summed E-state index contributed by atoms with van der Waals surface area (Å²) in [6.45, 7) is 0. The highest BCUT2D eigenvalue weighted by molar-refractivity contribution is 6.31. The lowest BCUT2D eigenvalue weighted by atomic mass is 10.2. The predicted molar refractivity (Wildman–Crippen MR) is 73.0 cm³/mol. The van der Waals surface area contributed by atoms with Gasteiger partial charge in [0, 0.05) is 5.02 Å². The van der Waals surface area contributed by atoms with Crippen molar-refractivity contribution in [1.82, 2.24) is 14.8 Å². The Hall–Kier alpha value is -2.60. The lowest BCUT2D eigenvalue weighted by molar-refractivity contribution is 0.102. The molecular formula is C13H9ClN4O2. The molecule has 0 saturated carbocycles. The van der Waals surface area contributed by atoms with Gasteiger partial charge in [0.25, 0.3) is 5.91 Å². The summed E-state index contributed by atoms with van der Waals surface area (Å²) >= 11 is 5.97. The van der Waals surface area contributed by atoms with Gasteiger partial charge in [-0.2, -0.15) is 5.10 Å². The van der Waals surface area contributed by atoms with Crippen LogP contribution in [0.4, 0.5) is 5.69 Å². The number of aromatic nitrogens is 3. The Bertz CT molecular complexity index is 723. The number of amides is 1. The number of hydrogen-bond donors (Lipinski definition) is 1. The first-order chi connectivity index (χ1) is 9.74. The fourth-order valence-electron chi connectivity index (χ4n) is 1.73. The van der Waals surface area contributed by atoms with E-state index in [4.69, 9.17) is 16.0 Å². The Balaban J connectivity index is 1.96. The second-order valence-corrected chi connectivity index (χ2v) is 4.40. The zero-order valence-corrected chi connectivity index (χ0v) is 10.9. The van der Waals surface area contributed by atoms with Crippen molar-refractivity contribution < 1.29 is 9.21 Å². The maximum Gasteiger partial charge on any atom is 0.258 e. The minimum atomic E-state index is -0.289. The summed E-state index contributed by atoms with van der Waals surface area (Å²) in [5.74, 6) is -0.289. The van der Waals surface area contributed by atoms with Gasteiger partial charge in [-0.05, 0) is 24.3 Å². The van der Waals surface area contributed by atoms with Crippen LogP contribution in [0.1, 0.15) is 10.4 Å². The number of hydrogen-bond acceptors (Lipinski definition) is 4. The van der Waals surface area contributed by atoms with Crippen molar-refractivity contribution >= 4 is 23.2 Å². The molecule has 2 aromatic heterocycles. The van der Waals surface area contributed by atoms with E-state index in [2.05, 4.69) is 15.4 Å². The second-order valence-electron chi connectivity index (χ2n) is 3.97. The molecule has 2 heterocycles. The summed E-state index contributed by atoms with van der Waals surface area (Å²) in [6.07, 6.45) is 5.76. The van der Waals surface area contributed by atoms with Crippen LogP contribution in [0.3, 0.4) is 0 Å². The van der Waals surface area contributed by atoms with Crippen molar-refractivity contribution in [2.45, 2.75) is 0 Å². The number of nitrogens with zero attached hydrogens (tertiary/aromatic N) is 3. The van der Waals surface area contributed by atoms with Crippen molar-refractivity contribution in [3.05, 3.63) is 60.0 Å². The van der Waals surface area contributed by atoms with Crippen molar-refractivity contribution in [3.63, 3.8) is 0 Å². The van der Waals surface area contributed by atoms with Crippen LogP contribution in [0.2, 0.25) is 5.02 Å². The van der Waals surface area contributed by atoms with E-state index in [9.17, 15) is 4.79 Å². The van der Waals surface area contributed by atoms with Gasteiger partial charge in [0.1, 0.15) is 18.9 Å². The molecule has 3 aromatic rings. The van der Waals surface area contributed by atoms with Crippen LogP contribution in [0.5, 0.6) is 0 Å². The maximum atomic E-state index is 12.0. The SMILES string of the molecule is O=C(Nc1cc(Cl)ccc1-n1cncn1)c1ccoc1. The molecule has 0 aliphatic carbocycles. The molecule has 0 radical (unpaired) electrons. The van der Waals surface area contributed by atoms with E-state index in [0.29, 0.717) is 22.0 Å². The molecule has 100 valence electrons. The van der Waals surface area contributed by atoms with Gasteiger partial charge in [0.2, 0.25) is 0 Å². The third-order valence-corrected chi connectivity index (χ3v) is 2.89. The quantitative estimate of drug-likeness (QED) is 0.804. The summed E-state index contributed by atoms with van der Waals surface area (Å²) in [5, 5.41) is 7.32. The Morgan fingerprint density at radius 3 is 2.95 bits per heavy atom. The molecule has 7 heteroatoms. The molecule has 0 bridgehead atoms. The fraction of sp³-hybridized carbons (Fsp3) is 0. The lowest BCUT2D eigenvalue weighted by Gasteiger charge is -2.10. The highest BCUT2D eigenvalue weighted by Crippen LogP contribution is 2.24. The number of carbonyl (C=O) groups is 1. The first kappa shape index (κ1) is 12.4. The standard InChI is InChI=1S/C13H9ClN4O2/c14-10-1-2-12(18-8-15-7-16-18)11(5-10)17-13(19)9-3-4-20-6-9/h1-8H,(H,17,19). The van der Waals surface area contributed by atoms with Crippen molar-refractivity contribution in [2.24, 2.45) is 0 Å². The predicted octanol–water partition coefficient (Wildman–Crippen LogP) is 2.77. The number of halogens is 1. The molecule has 1 N–H and O–H groups in total. The van der Waals surface area contributed by atoms with E-state index >= 15 is 0 Å². The smallest absolute Gasteiger partial charge is 0.258 e. The van der Waals surface area contributed by atoms with Gasteiger partial charge in [-0.1, -0.05) is 11.6 Å². The molecule has 1 aromatic carbocycles. The maximum absolute atomic E-state index is 12.0. The van der Waals surface area contributed by atoms with E-state index in [-0.39, 0.29) is 5.91 Å². The van der Waals surface area contributed by atoms with Crippen molar-refractivity contribution in [3.8, 4) is 5.69 Å². The topological polar surface area (TPSA) is 73.0 Å². The minimum Gasteiger partial charge on any atom is -0.472 e. The van der Waals surface area contributed by atoms with E-state index in [0.717, 1.165) is 0 Å². The molecule has 0 atom stereocenters. The van der Waals surface area contributed by atoms with E-state index in [1.54, 1.807) is 28.9 Å². The van der Waals surface area contributed by atoms with E-state index in [1.807, 2.05) is 0 Å². The summed E-state index contributed by atoms with van der Waals surface area (Å²) < 4.78 is 6.43. The Morgan fingerprint density at radius 2 is 2.25 bits per heavy atom. The lowest BCUT2D eigenvalue weighted by Crippen LogP contribution is -2.13. The van der Waals surface area contributed by atoms with Crippen molar-refractivity contribution in [1.29, 1.82) is 0 Å². The average molecular weight is 289 g/mol. The molecule has 0 fully saturated rings. The van der Waals surface area contributed by atoms with E-state index < -0.39 is 0 Å². The van der Waals surface area contributed by atoms with Crippen LogP contribution >= 0.6 is 11.6 Å². The molecule has 1 amide bonds. The van der Waals surface area contributed by atoms with E-state index in [1.165, 1.54) is 25.2 Å². The molecule has 20 heavy (non-hydrogen) atoms. The molecule has 0 unspecified atom stereocenters. The fourth-order valence-corrected chi connectivity index (χ4v) is 1.90. The van der Waals surface area contributed by atoms with Crippen LogP contribution < -0.4 is 5.32 Å². The third-order valence-electron chi connectivity index (χ3n) is 2.66.